The molecular formula is C71H65Cl2F8LiN22O13. The Labute approximate surface area is 679 Å². The van der Waals surface area contributed by atoms with Gasteiger partial charge in [0.25, 0.3) is 0 Å². The van der Waals surface area contributed by atoms with Crippen molar-refractivity contribution in [1.82, 2.24) is 79.8 Å². The van der Waals surface area contributed by atoms with Crippen molar-refractivity contribution in [2.45, 2.75) is 52.7 Å². The van der Waals surface area contributed by atoms with Gasteiger partial charge in [0.1, 0.15) is 57.2 Å². The number of benzene rings is 4. The summed E-state index contributed by atoms with van der Waals surface area (Å²) < 4.78 is 137. The van der Waals surface area contributed by atoms with E-state index in [1.165, 1.54) is 79.6 Å². The second-order valence-electron chi connectivity index (χ2n) is 24.1. The quantitative estimate of drug-likeness (QED) is 0.0125. The first-order valence-electron chi connectivity index (χ1n) is 32.1. The summed E-state index contributed by atoms with van der Waals surface area (Å²) in [6, 6.07) is 15.6. The Morgan fingerprint density at radius 2 is 0.812 bits per heavy atom. The zero-order chi connectivity index (χ0) is 83.7. The van der Waals surface area contributed by atoms with Crippen molar-refractivity contribution in [2.75, 3.05) is 49.6 Å². The number of hydrogen-bond acceptors (Lipinski definition) is 30. The summed E-state index contributed by atoms with van der Waals surface area (Å²) in [6.45, 7) is 10.7. The number of rotatable bonds is 14. The second kappa shape index (κ2) is 43.9. The summed E-state index contributed by atoms with van der Waals surface area (Å²) in [6.07, 6.45) is 14.1. The van der Waals surface area contributed by atoms with Crippen LogP contribution in [0.1, 0.15) is 83.0 Å². The van der Waals surface area contributed by atoms with Gasteiger partial charge in [-0.3, -0.25) is 10.2 Å². The summed E-state index contributed by atoms with van der Waals surface area (Å²) in [7, 11) is 3.41. The third-order valence-corrected chi connectivity index (χ3v) is 13.7. The van der Waals surface area contributed by atoms with Crippen molar-refractivity contribution in [3.8, 4) is 51.1 Å². The smallest absolute Gasteiger partial charge is 0.870 e. The first kappa shape index (κ1) is 95.5. The standard InChI is InChI=1S/C20H19F2N5O4.C15H11F2N5O2.C14H9F2N5O2.C12H7ClF2N2O2.C8H13N3O2.C2H4N2.ClH.Li.H2O/c1-20(2,3)31-19(29)27-10-12(8-24-27)25-18-23-9-15(22)16(26-18)11-5-6-13(14(21)7-11)17(28)30-4;1-24-14(23)10-3-2-8(4-11(10)16)13-12(17)7-18-15(22-13)21-9-5-19-20-6-9;15-10-3-7(1-2-9(10)13(22)23)12-11(16)6-17-14(21-12)20-8-4-18-19-5-8;1-19-11(18)7-3-2-6(4-8(7)14)10-9(15)5-16-12(13)17-10;1-8(2,3)13-7(12)11-5-6(9)4-10-11;3-1-2-4;;;/h5-10H,1-4H3,(H,23,25,26);2-7H,1H3,(H,19,20)(H,18,21,22);1-6H,(H,18,19)(H,22,23)(H,17,20,21);2-5H,1H3;4-5H,9H2,1-3H3;1,3H2;1H;;1H2/q;;;;;;;+1;/p-1. The predicted octanol–water partition coefficient (Wildman–Crippen LogP) is 10.0. The van der Waals surface area contributed by atoms with Gasteiger partial charge in [0.05, 0.1) is 141 Å². The largest absolute Gasteiger partial charge is 1.00 e. The van der Waals surface area contributed by atoms with Gasteiger partial charge in [-0.2, -0.15) is 35.0 Å². The molecule has 0 spiro atoms. The summed E-state index contributed by atoms with van der Waals surface area (Å²) >= 11 is 5.55. The summed E-state index contributed by atoms with van der Waals surface area (Å²) in [5.74, 6) is -10.2. The molecule has 46 heteroatoms. The molecule has 0 fully saturated rings. The molecule has 0 aliphatic rings. The van der Waals surface area contributed by atoms with Gasteiger partial charge in [0, 0.05) is 34.6 Å². The van der Waals surface area contributed by atoms with Crippen LogP contribution in [-0.4, -0.2) is 166 Å². The van der Waals surface area contributed by atoms with E-state index in [1.54, 1.807) is 60.0 Å². The van der Waals surface area contributed by atoms with Crippen molar-refractivity contribution < 1.29 is 117 Å². The zero-order valence-corrected chi connectivity index (χ0v) is 64.2. The van der Waals surface area contributed by atoms with Crippen LogP contribution >= 0.6 is 24.0 Å². The molecule has 608 valence electrons. The van der Waals surface area contributed by atoms with Gasteiger partial charge >= 0.3 is 54.9 Å². The van der Waals surface area contributed by atoms with Crippen LogP contribution in [0.3, 0.4) is 0 Å². The van der Waals surface area contributed by atoms with Crippen molar-refractivity contribution in [3.05, 3.63) is 221 Å². The van der Waals surface area contributed by atoms with Crippen LogP contribution in [0.5, 0.6) is 0 Å². The Balaban J connectivity index is 0.000000308. The Kier molecular flexibility index (Phi) is 35.8. The molecule has 117 heavy (non-hydrogen) atoms. The number of hydrogen-bond donors (Lipinski definition) is 8. The number of nitriles is 1. The maximum absolute atomic E-state index is 14.3. The predicted molar refractivity (Wildman–Crippen MR) is 399 cm³/mol. The number of nitrogen functional groups attached to an aromatic ring is 1. The number of nitrogens with one attached hydrogen (secondary N) is 5. The Hall–Kier alpha value is -13.9. The van der Waals surface area contributed by atoms with Crippen LogP contribution in [-0.2, 0) is 23.7 Å². The Morgan fingerprint density at radius 3 is 1.10 bits per heavy atom. The third-order valence-electron chi connectivity index (χ3n) is 13.6. The van der Waals surface area contributed by atoms with Crippen molar-refractivity contribution >= 4 is 101 Å². The molecule has 0 atom stereocenters. The van der Waals surface area contributed by atoms with Crippen LogP contribution in [0.15, 0.2) is 147 Å². The van der Waals surface area contributed by atoms with Crippen LogP contribution in [0.2, 0.25) is 5.28 Å². The van der Waals surface area contributed by atoms with Gasteiger partial charge in [-0.1, -0.05) is 24.3 Å². The van der Waals surface area contributed by atoms with E-state index < -0.39 is 99.4 Å². The average molecular weight is 1660 g/mol. The van der Waals surface area contributed by atoms with Gasteiger partial charge in [-0.25, -0.2) is 104 Å². The molecule has 4 aromatic carbocycles. The van der Waals surface area contributed by atoms with Gasteiger partial charge in [-0.05, 0) is 102 Å². The number of esters is 3. The summed E-state index contributed by atoms with van der Waals surface area (Å²) in [5, 5.41) is 44.8. The fraction of sp³-hybridized carbons (Fsp3) is 0.169. The maximum Gasteiger partial charge on any atom is 1.00 e. The minimum absolute atomic E-state index is 0. The Morgan fingerprint density at radius 1 is 0.496 bits per heavy atom. The van der Waals surface area contributed by atoms with E-state index in [0.29, 0.717) is 22.7 Å². The number of carboxylic acids is 1. The number of nitrogens with two attached hydrogens (primary N) is 2. The van der Waals surface area contributed by atoms with Crippen LogP contribution in [0, 0.1) is 57.9 Å². The molecule has 35 nitrogen and oxygen atoms in total. The van der Waals surface area contributed by atoms with Crippen molar-refractivity contribution in [1.29, 1.82) is 5.26 Å². The van der Waals surface area contributed by atoms with Crippen molar-refractivity contribution in [2.24, 2.45) is 5.73 Å². The summed E-state index contributed by atoms with van der Waals surface area (Å²) in [5.41, 5.74) is 9.42. The molecule has 0 unspecified atom stereocenters. The molecule has 0 aliphatic heterocycles. The first-order valence-corrected chi connectivity index (χ1v) is 32.5. The number of nitrogens with zero attached hydrogens (tertiary/aromatic N) is 15. The van der Waals surface area contributed by atoms with E-state index in [-0.39, 0.29) is 128 Å². The first-order chi connectivity index (χ1) is 54.0. The van der Waals surface area contributed by atoms with E-state index >= 15 is 0 Å². The minimum Gasteiger partial charge on any atom is -0.870 e. The molecule has 11 N–H and O–H groups in total. The molecule has 0 saturated carbocycles. The van der Waals surface area contributed by atoms with E-state index in [0.717, 1.165) is 85.8 Å². The molecule has 0 saturated heterocycles. The van der Waals surface area contributed by atoms with Crippen LogP contribution in [0.25, 0.3) is 45.0 Å². The van der Waals surface area contributed by atoms with Gasteiger partial charge in [0.15, 0.2) is 23.3 Å². The van der Waals surface area contributed by atoms with Gasteiger partial charge in [0.2, 0.25) is 23.1 Å². The zero-order valence-electron chi connectivity index (χ0n) is 62.6. The fourth-order valence-corrected chi connectivity index (χ4v) is 8.79. The number of carbonyl (C=O) groups is 6. The molecule has 0 amide bonds. The number of ether oxygens (including phenoxy) is 5. The second-order valence-corrected chi connectivity index (χ2v) is 24.5. The number of H-pyrrole nitrogens is 2. The fourth-order valence-electron chi connectivity index (χ4n) is 8.65. The number of aromatic amines is 2. The number of halogens is 10. The SMILES string of the molecule is CC(C)(C)OC(=O)n1cc(N)cn1.COC(=O)c1ccc(-c2nc(Cl)ncc2F)cc1F.COC(=O)c1ccc(-c2nc(Nc3cn[nH]c3)ncc2F)cc1F.COC(=O)c1ccc(-c2nc(Nc3cnn(C(=O)OC(C)(C)C)c3)ncc2F)cc1F.Cl.N#CCN.O=C(O)c1ccc(-c2nc(Nc3cn[nH]c3)ncc2F)cc1F.[Li+].[OH-]. The van der Waals surface area contributed by atoms with E-state index in [4.69, 9.17) is 37.2 Å². The molecule has 0 bridgehead atoms. The number of methoxy groups -OCH3 is 3. The number of anilines is 7. The molecule has 0 aliphatic carbocycles. The van der Waals surface area contributed by atoms with E-state index in [9.17, 15) is 63.9 Å². The molecular weight excluding hydrogens is 1600 g/mol. The maximum atomic E-state index is 14.3. The summed E-state index contributed by atoms with van der Waals surface area (Å²) in [4.78, 5) is 98.9. The topological polar surface area (TPSA) is 507 Å². The molecule has 12 rings (SSSR count). The number of aromatic carboxylic acids is 1. The Bertz CT molecular complexity index is 5470. The van der Waals surface area contributed by atoms with Crippen LogP contribution in [0.4, 0.5) is 85.3 Å². The molecule has 8 aromatic heterocycles. The van der Waals surface area contributed by atoms with Crippen molar-refractivity contribution in [3.63, 3.8) is 0 Å². The number of carbonyl (C=O) groups excluding carboxylic acids is 5. The average Bonchev–Trinajstić information content (AvgIpc) is 1.59. The van der Waals surface area contributed by atoms with Gasteiger partial charge < -0.3 is 61.7 Å². The van der Waals surface area contributed by atoms with Gasteiger partial charge in [-0.15, -0.1) is 12.4 Å². The van der Waals surface area contributed by atoms with Crippen LogP contribution < -0.4 is 46.3 Å². The molecule has 0 radical (unpaired) electrons. The number of aromatic nitrogens is 16. The molecule has 12 aromatic rings. The minimum atomic E-state index is -1.40. The third kappa shape index (κ3) is 28.0. The van der Waals surface area contributed by atoms with E-state index in [2.05, 4.69) is 106 Å². The van der Waals surface area contributed by atoms with E-state index in [1.807, 2.05) is 0 Å². The monoisotopic (exact) mass is 1660 g/mol. The normalized spacial score (nSPS) is 10.3. The number of carboxylic acid groups (broad SMARTS) is 1. The molecule has 8 heterocycles.